The average Bonchev–Trinajstić information content (AvgIpc) is 3.00. The molecule has 0 aliphatic heterocycles. The summed E-state index contributed by atoms with van der Waals surface area (Å²) < 4.78 is 44.0. The lowest BCUT2D eigenvalue weighted by molar-refractivity contribution is -0.102. The van der Waals surface area contributed by atoms with Crippen LogP contribution in [0.25, 0.3) is 0 Å². The number of ether oxygens (including phenoxy) is 8. The van der Waals surface area contributed by atoms with Crippen molar-refractivity contribution in [1.82, 2.24) is 0 Å². The monoisotopic (exact) mass is 654 g/mol. The van der Waals surface area contributed by atoms with Gasteiger partial charge in [-0.05, 0) is 65.5 Å². The highest BCUT2D eigenvalue weighted by Crippen LogP contribution is 2.24. The minimum Gasteiger partial charge on any atom is -0.432 e. The molecule has 0 aliphatic carbocycles. The van der Waals surface area contributed by atoms with Gasteiger partial charge in [0.25, 0.3) is 0 Å². The van der Waals surface area contributed by atoms with Crippen molar-refractivity contribution in [3.63, 3.8) is 0 Å². The number of esters is 4. The van der Waals surface area contributed by atoms with Crippen LogP contribution in [0.1, 0.15) is 148 Å². The summed E-state index contributed by atoms with van der Waals surface area (Å²) in [7, 11) is 0. The van der Waals surface area contributed by atoms with Gasteiger partial charge in [-0.25, -0.2) is 19.2 Å². The molecule has 0 spiro atoms. The van der Waals surface area contributed by atoms with Gasteiger partial charge in [-0.15, -0.1) is 0 Å². The van der Waals surface area contributed by atoms with Gasteiger partial charge in [0.2, 0.25) is 0 Å². The Kier molecular flexibility index (Phi) is 20.7. The highest BCUT2D eigenvalue weighted by atomic mass is 16.7. The van der Waals surface area contributed by atoms with E-state index in [2.05, 4.69) is 0 Å². The molecule has 1 rings (SSSR count). The van der Waals surface area contributed by atoms with E-state index in [1.807, 2.05) is 27.7 Å². The first kappa shape index (κ1) is 41.0. The largest absolute Gasteiger partial charge is 0.432 e. The second-order valence-corrected chi connectivity index (χ2v) is 10.7. The molecule has 0 N–H and O–H groups in total. The zero-order valence-corrected chi connectivity index (χ0v) is 28.8. The fraction of sp³-hybridized carbons (Fsp3) is 0.706. The van der Waals surface area contributed by atoms with Crippen LogP contribution in [0.3, 0.4) is 0 Å². The third kappa shape index (κ3) is 15.5. The Bertz CT molecular complexity index is 910. The molecule has 46 heavy (non-hydrogen) atoms. The van der Waals surface area contributed by atoms with Gasteiger partial charge in [-0.2, -0.15) is 0 Å². The highest BCUT2D eigenvalue weighted by molar-refractivity contribution is 6.10. The number of benzene rings is 1. The van der Waals surface area contributed by atoms with Crippen molar-refractivity contribution >= 4 is 23.9 Å². The standard InChI is InChI=1S/C34H54O12/c1-9-13-17-39-23(5)43-31(35)27-21-29(33(37)45-25(7)41-19-15-11-3)30(34(38)46-26(8)42-20-16-12-4)22-28(27)32(36)44-24(6)40-18-14-10-2/h21-26H,9-20H2,1-8H3. The number of hydrogen-bond donors (Lipinski definition) is 0. The maximum Gasteiger partial charge on any atom is 0.341 e. The van der Waals surface area contributed by atoms with Crippen LogP contribution in [0.2, 0.25) is 0 Å². The molecule has 1 aromatic carbocycles. The molecule has 0 saturated carbocycles. The molecule has 1 aromatic rings. The van der Waals surface area contributed by atoms with Crippen LogP contribution in [0, 0.1) is 0 Å². The summed E-state index contributed by atoms with van der Waals surface area (Å²) in [5, 5.41) is 0. The van der Waals surface area contributed by atoms with Gasteiger partial charge in [0.15, 0.2) is 25.2 Å². The van der Waals surface area contributed by atoms with Crippen LogP contribution in [0.4, 0.5) is 0 Å². The Morgan fingerprint density at radius 3 is 0.804 bits per heavy atom. The molecule has 262 valence electrons. The second-order valence-electron chi connectivity index (χ2n) is 10.7. The third-order valence-corrected chi connectivity index (χ3v) is 6.53. The van der Waals surface area contributed by atoms with E-state index in [-0.39, 0.29) is 22.3 Å². The fourth-order valence-corrected chi connectivity index (χ4v) is 3.84. The van der Waals surface area contributed by atoms with Crippen LogP contribution in [-0.4, -0.2) is 75.5 Å². The summed E-state index contributed by atoms with van der Waals surface area (Å²) >= 11 is 0. The molecule has 0 bridgehead atoms. The number of hydrogen-bond acceptors (Lipinski definition) is 12. The van der Waals surface area contributed by atoms with E-state index in [1.165, 1.54) is 27.7 Å². The molecule has 12 nitrogen and oxygen atoms in total. The lowest BCUT2D eigenvalue weighted by Gasteiger charge is -2.20. The minimum atomic E-state index is -0.979. The topological polar surface area (TPSA) is 142 Å². The smallest absolute Gasteiger partial charge is 0.341 e. The Balaban J connectivity index is 3.59. The van der Waals surface area contributed by atoms with Gasteiger partial charge in [-0.1, -0.05) is 53.4 Å². The van der Waals surface area contributed by atoms with Crippen LogP contribution in [-0.2, 0) is 37.9 Å². The first-order chi connectivity index (χ1) is 22.0. The lowest BCUT2D eigenvalue weighted by atomic mass is 9.97. The summed E-state index contributed by atoms with van der Waals surface area (Å²) in [6.45, 7) is 15.5. The van der Waals surface area contributed by atoms with Crippen LogP contribution in [0.5, 0.6) is 0 Å². The van der Waals surface area contributed by atoms with Crippen LogP contribution < -0.4 is 0 Å². The molecular weight excluding hydrogens is 600 g/mol. The quantitative estimate of drug-likeness (QED) is 0.0492. The van der Waals surface area contributed by atoms with E-state index in [1.54, 1.807) is 0 Å². The van der Waals surface area contributed by atoms with Crippen molar-refractivity contribution < 1.29 is 57.1 Å². The molecule has 4 atom stereocenters. The molecule has 0 aromatic heterocycles. The molecule has 0 saturated heterocycles. The Morgan fingerprint density at radius 1 is 0.435 bits per heavy atom. The first-order valence-electron chi connectivity index (χ1n) is 16.5. The summed E-state index contributed by atoms with van der Waals surface area (Å²) in [6, 6.07) is 2.11. The van der Waals surface area contributed by atoms with Crippen molar-refractivity contribution in [3.8, 4) is 0 Å². The Labute approximate surface area is 273 Å². The first-order valence-corrected chi connectivity index (χ1v) is 16.5. The Hall–Kier alpha value is -3.06. The molecule has 0 fully saturated rings. The van der Waals surface area contributed by atoms with Crippen LogP contribution in [0.15, 0.2) is 12.1 Å². The van der Waals surface area contributed by atoms with Crippen molar-refractivity contribution in [3.05, 3.63) is 34.4 Å². The minimum absolute atomic E-state index is 0.341. The highest BCUT2D eigenvalue weighted by Gasteiger charge is 2.31. The summed E-state index contributed by atoms with van der Waals surface area (Å²) in [5.74, 6) is -3.91. The molecule has 0 radical (unpaired) electrons. The summed E-state index contributed by atoms with van der Waals surface area (Å²) in [4.78, 5) is 53.7. The molecule has 4 unspecified atom stereocenters. The van der Waals surface area contributed by atoms with E-state index in [9.17, 15) is 19.2 Å². The van der Waals surface area contributed by atoms with Gasteiger partial charge >= 0.3 is 23.9 Å². The van der Waals surface area contributed by atoms with Gasteiger partial charge < -0.3 is 37.9 Å². The van der Waals surface area contributed by atoms with Gasteiger partial charge in [-0.3, -0.25) is 0 Å². The predicted octanol–water partition coefficient (Wildman–Crippen LogP) is 6.96. The average molecular weight is 655 g/mol. The maximum atomic E-state index is 13.4. The van der Waals surface area contributed by atoms with Crippen molar-refractivity contribution in [1.29, 1.82) is 0 Å². The van der Waals surface area contributed by atoms with Crippen molar-refractivity contribution in [2.45, 2.75) is 132 Å². The molecule has 0 aliphatic rings. The van der Waals surface area contributed by atoms with E-state index in [0.29, 0.717) is 26.4 Å². The SMILES string of the molecule is CCCCOC(C)OC(=O)c1cc(C(=O)OC(C)OCCCC)c(C(=O)OC(C)OCCCC)cc1C(=O)OC(C)OCCCC. The number of carbonyl (C=O) groups is 4. The summed E-state index contributed by atoms with van der Waals surface area (Å²) in [5.41, 5.74) is -1.36. The van der Waals surface area contributed by atoms with E-state index < -0.39 is 49.0 Å². The zero-order valence-electron chi connectivity index (χ0n) is 28.8. The normalized spacial score (nSPS) is 13.7. The summed E-state index contributed by atoms with van der Waals surface area (Å²) in [6.07, 6.45) is 2.65. The van der Waals surface area contributed by atoms with Gasteiger partial charge in [0.1, 0.15) is 0 Å². The fourth-order valence-electron chi connectivity index (χ4n) is 3.84. The number of carbonyl (C=O) groups excluding carboxylic acids is 4. The number of rotatable bonds is 24. The molecule has 0 amide bonds. The van der Waals surface area contributed by atoms with Gasteiger partial charge in [0, 0.05) is 0 Å². The molecule has 12 heteroatoms. The predicted molar refractivity (Wildman–Crippen MR) is 169 cm³/mol. The van der Waals surface area contributed by atoms with Crippen molar-refractivity contribution in [2.24, 2.45) is 0 Å². The van der Waals surface area contributed by atoms with Crippen molar-refractivity contribution in [2.75, 3.05) is 26.4 Å². The zero-order chi connectivity index (χ0) is 34.5. The molecular formula is C34H54O12. The third-order valence-electron chi connectivity index (χ3n) is 6.53. The van der Waals surface area contributed by atoms with E-state index >= 15 is 0 Å². The van der Waals surface area contributed by atoms with Crippen LogP contribution >= 0.6 is 0 Å². The second kappa shape index (κ2) is 23.3. The van der Waals surface area contributed by atoms with Gasteiger partial charge in [0.05, 0.1) is 48.7 Å². The van der Waals surface area contributed by atoms with E-state index in [4.69, 9.17) is 37.9 Å². The van der Waals surface area contributed by atoms with E-state index in [0.717, 1.165) is 63.5 Å². The molecule has 0 heterocycles. The lowest BCUT2D eigenvalue weighted by Crippen LogP contribution is -2.27. The Morgan fingerprint density at radius 2 is 0.630 bits per heavy atom. The number of unbranched alkanes of at least 4 members (excludes halogenated alkanes) is 4. The maximum absolute atomic E-state index is 13.4.